The predicted octanol–water partition coefficient (Wildman–Crippen LogP) is 3.55. The maximum absolute atomic E-state index is 5.97. The van der Waals surface area contributed by atoms with Crippen LogP contribution in [0, 0.1) is 0 Å². The van der Waals surface area contributed by atoms with E-state index in [2.05, 4.69) is 43.4 Å². The highest BCUT2D eigenvalue weighted by atomic mass is 16.5. The number of anilines is 1. The number of benzene rings is 1. The normalized spacial score (nSPS) is 21.4. The number of aromatic amines is 1. The first-order valence-corrected chi connectivity index (χ1v) is 10.3. The van der Waals surface area contributed by atoms with Gasteiger partial charge in [-0.15, -0.1) is 0 Å². The molecule has 3 aliphatic rings. The molecule has 29 heavy (non-hydrogen) atoms. The number of morpholine rings is 1. The Kier molecular flexibility index (Phi) is 3.94. The molecule has 0 radical (unpaired) electrons. The van der Waals surface area contributed by atoms with E-state index in [9.17, 15) is 0 Å². The summed E-state index contributed by atoms with van der Waals surface area (Å²) in [5, 5.41) is 4.74. The maximum atomic E-state index is 5.97. The van der Waals surface area contributed by atoms with Crippen LogP contribution in [0.2, 0.25) is 0 Å². The third kappa shape index (κ3) is 3.02. The maximum Gasteiger partial charge on any atom is 0.143 e. The topological polar surface area (TPSA) is 75.3 Å². The Morgan fingerprint density at radius 1 is 1.10 bits per heavy atom. The van der Waals surface area contributed by atoms with Gasteiger partial charge in [-0.2, -0.15) is 0 Å². The van der Waals surface area contributed by atoms with E-state index in [1.165, 1.54) is 18.5 Å². The summed E-state index contributed by atoms with van der Waals surface area (Å²) in [4.78, 5) is 14.8. The molecule has 7 nitrogen and oxygen atoms in total. The van der Waals surface area contributed by atoms with Crippen molar-refractivity contribution in [1.82, 2.24) is 19.9 Å². The van der Waals surface area contributed by atoms with Gasteiger partial charge in [0.05, 0.1) is 30.3 Å². The summed E-state index contributed by atoms with van der Waals surface area (Å²) in [5.41, 5.74) is 4.37. The molecule has 148 valence electrons. The van der Waals surface area contributed by atoms with E-state index in [1.807, 2.05) is 18.4 Å². The lowest BCUT2D eigenvalue weighted by atomic mass is 9.99. The minimum absolute atomic E-state index is 0.0459. The Morgan fingerprint density at radius 3 is 2.83 bits per heavy atom. The summed E-state index contributed by atoms with van der Waals surface area (Å²) < 4.78 is 11.5. The summed E-state index contributed by atoms with van der Waals surface area (Å²) >= 11 is 0. The Hall–Kier alpha value is -3.06. The van der Waals surface area contributed by atoms with Crippen molar-refractivity contribution < 1.29 is 9.47 Å². The molecule has 1 saturated carbocycles. The van der Waals surface area contributed by atoms with Crippen LogP contribution in [0.25, 0.3) is 11.0 Å². The molecule has 1 atom stereocenters. The first-order chi connectivity index (χ1) is 14.4. The fourth-order valence-electron chi connectivity index (χ4n) is 4.23. The van der Waals surface area contributed by atoms with Gasteiger partial charge in [0.25, 0.3) is 0 Å². The van der Waals surface area contributed by atoms with Gasteiger partial charge in [-0.1, -0.05) is 18.2 Å². The zero-order valence-electron chi connectivity index (χ0n) is 16.1. The van der Waals surface area contributed by atoms with Crippen LogP contribution in [0.1, 0.15) is 36.1 Å². The number of nitrogens with one attached hydrogen (secondary N) is 2. The number of aromatic nitrogens is 3. The van der Waals surface area contributed by atoms with Gasteiger partial charge in [0, 0.05) is 24.3 Å². The average molecular weight is 389 g/mol. The van der Waals surface area contributed by atoms with Crippen LogP contribution in [0.5, 0.6) is 5.75 Å². The molecule has 1 saturated heterocycles. The number of fused-ring (bicyclic) bond motifs is 2. The van der Waals surface area contributed by atoms with Gasteiger partial charge in [-0.3, -0.25) is 0 Å². The standard InChI is InChI=1S/C22H23N5O2/c1-2-4-19-15(3-1)20(18(12-29-19)27-7-9-28-10-8-27)26-22-16-11-17(14-5-6-14)25-21(16)23-13-24-22/h1-4,11-14,20H,5-10H2,(H2,23,24,25,26)/t20-/m0/s1. The molecule has 3 aromatic rings. The molecule has 0 unspecified atom stereocenters. The van der Waals surface area contributed by atoms with E-state index < -0.39 is 0 Å². The van der Waals surface area contributed by atoms with Gasteiger partial charge >= 0.3 is 0 Å². The fraction of sp³-hybridized carbons (Fsp3) is 0.364. The van der Waals surface area contributed by atoms with Crippen LogP contribution in [-0.2, 0) is 4.74 Å². The van der Waals surface area contributed by atoms with Gasteiger partial charge < -0.3 is 24.7 Å². The molecule has 6 rings (SSSR count). The van der Waals surface area contributed by atoms with E-state index in [-0.39, 0.29) is 6.04 Å². The largest absolute Gasteiger partial charge is 0.463 e. The van der Waals surface area contributed by atoms with Gasteiger partial charge in [0.2, 0.25) is 0 Å². The van der Waals surface area contributed by atoms with Crippen molar-refractivity contribution in [3.63, 3.8) is 0 Å². The number of rotatable bonds is 4. The second-order valence-corrected chi connectivity index (χ2v) is 7.86. The minimum atomic E-state index is -0.0459. The molecule has 0 bridgehead atoms. The second-order valence-electron chi connectivity index (χ2n) is 7.86. The summed E-state index contributed by atoms with van der Waals surface area (Å²) in [6.07, 6.45) is 6.00. The number of hydrogen-bond donors (Lipinski definition) is 2. The molecule has 1 aliphatic carbocycles. The predicted molar refractivity (Wildman–Crippen MR) is 110 cm³/mol. The molecular formula is C22H23N5O2. The summed E-state index contributed by atoms with van der Waals surface area (Å²) in [6, 6.07) is 10.3. The highest BCUT2D eigenvalue weighted by molar-refractivity contribution is 5.88. The van der Waals surface area contributed by atoms with E-state index in [4.69, 9.17) is 9.47 Å². The van der Waals surface area contributed by atoms with Crippen LogP contribution >= 0.6 is 0 Å². The van der Waals surface area contributed by atoms with E-state index in [1.54, 1.807) is 6.33 Å². The monoisotopic (exact) mass is 389 g/mol. The van der Waals surface area contributed by atoms with Crippen molar-refractivity contribution in [2.75, 3.05) is 31.6 Å². The van der Waals surface area contributed by atoms with Crippen molar-refractivity contribution in [2.45, 2.75) is 24.8 Å². The molecule has 0 amide bonds. The average Bonchev–Trinajstić information content (AvgIpc) is 3.53. The molecule has 2 N–H and O–H groups in total. The minimum Gasteiger partial charge on any atom is -0.463 e. The van der Waals surface area contributed by atoms with Crippen molar-refractivity contribution >= 4 is 16.9 Å². The Balaban J connectivity index is 1.40. The Labute approximate surface area is 168 Å². The molecule has 2 aromatic heterocycles. The van der Waals surface area contributed by atoms with Crippen LogP contribution < -0.4 is 10.1 Å². The highest BCUT2D eigenvalue weighted by Gasteiger charge is 2.31. The lowest BCUT2D eigenvalue weighted by Gasteiger charge is -2.37. The molecule has 1 aromatic carbocycles. The Morgan fingerprint density at radius 2 is 1.97 bits per heavy atom. The summed E-state index contributed by atoms with van der Waals surface area (Å²) in [7, 11) is 0. The van der Waals surface area contributed by atoms with Gasteiger partial charge in [0.1, 0.15) is 29.8 Å². The molecule has 2 fully saturated rings. The van der Waals surface area contributed by atoms with Crippen LogP contribution in [0.15, 0.2) is 48.6 Å². The molecule has 0 spiro atoms. The van der Waals surface area contributed by atoms with Crippen LogP contribution in [0.3, 0.4) is 0 Å². The quantitative estimate of drug-likeness (QED) is 0.711. The first-order valence-electron chi connectivity index (χ1n) is 10.3. The number of nitrogens with zero attached hydrogens (tertiary/aromatic N) is 3. The van der Waals surface area contributed by atoms with Crippen molar-refractivity contribution in [2.24, 2.45) is 0 Å². The van der Waals surface area contributed by atoms with Crippen LogP contribution in [-0.4, -0.2) is 46.2 Å². The van der Waals surface area contributed by atoms with Crippen molar-refractivity contribution in [3.05, 3.63) is 59.9 Å². The van der Waals surface area contributed by atoms with E-state index in [0.29, 0.717) is 5.92 Å². The van der Waals surface area contributed by atoms with E-state index in [0.717, 1.165) is 60.2 Å². The first kappa shape index (κ1) is 16.9. The third-order valence-corrected chi connectivity index (χ3v) is 5.95. The molecule has 7 heteroatoms. The summed E-state index contributed by atoms with van der Waals surface area (Å²) in [6.45, 7) is 3.16. The molecule has 2 aliphatic heterocycles. The Bertz CT molecular complexity index is 1080. The summed E-state index contributed by atoms with van der Waals surface area (Å²) in [5.74, 6) is 2.36. The lowest BCUT2D eigenvalue weighted by Crippen LogP contribution is -2.39. The van der Waals surface area contributed by atoms with Gasteiger partial charge in [-0.25, -0.2) is 9.97 Å². The zero-order chi connectivity index (χ0) is 19.2. The van der Waals surface area contributed by atoms with Gasteiger partial charge in [0.15, 0.2) is 0 Å². The van der Waals surface area contributed by atoms with E-state index >= 15 is 0 Å². The number of hydrogen-bond acceptors (Lipinski definition) is 6. The second kappa shape index (κ2) is 6.77. The van der Waals surface area contributed by atoms with Crippen LogP contribution in [0.4, 0.5) is 5.82 Å². The zero-order valence-corrected chi connectivity index (χ0v) is 16.1. The lowest BCUT2D eigenvalue weighted by molar-refractivity contribution is 0.0495. The third-order valence-electron chi connectivity index (χ3n) is 5.95. The van der Waals surface area contributed by atoms with Crippen molar-refractivity contribution in [1.29, 1.82) is 0 Å². The molecule has 4 heterocycles. The highest BCUT2D eigenvalue weighted by Crippen LogP contribution is 2.42. The number of para-hydroxylation sites is 1. The van der Waals surface area contributed by atoms with Gasteiger partial charge in [-0.05, 0) is 30.9 Å². The fourth-order valence-corrected chi connectivity index (χ4v) is 4.23. The SMILES string of the molecule is C1=C(N2CCOCC2)[C@@H](Nc2ncnc3[nH]c(C4CC4)cc23)c2ccccc2O1. The number of ether oxygens (including phenoxy) is 2. The molecular weight excluding hydrogens is 366 g/mol. The van der Waals surface area contributed by atoms with Crippen molar-refractivity contribution in [3.8, 4) is 5.75 Å². The number of H-pyrrole nitrogens is 1. The smallest absolute Gasteiger partial charge is 0.143 e.